The molecule has 5 heteroatoms. The van der Waals surface area contributed by atoms with Gasteiger partial charge in [0, 0.05) is 6.04 Å². The van der Waals surface area contributed by atoms with Crippen LogP contribution in [0.1, 0.15) is 19.9 Å². The molecule has 90 valence electrons. The summed E-state index contributed by atoms with van der Waals surface area (Å²) >= 11 is 0. The predicted molar refractivity (Wildman–Crippen MR) is 69.0 cm³/mol. The number of rotatable bonds is 3. The van der Waals surface area contributed by atoms with Crippen LogP contribution in [-0.4, -0.2) is 14.3 Å². The number of hydrogen-bond donors (Lipinski definition) is 1. The van der Waals surface area contributed by atoms with Gasteiger partial charge in [-0.25, -0.2) is 9.67 Å². The number of fused-ring (bicyclic) bond motifs is 1. The van der Waals surface area contributed by atoms with Gasteiger partial charge in [0.05, 0.1) is 11.9 Å². The van der Waals surface area contributed by atoms with E-state index in [0.717, 1.165) is 0 Å². The number of nitrogen functional groups attached to an aromatic ring is 1. The Labute approximate surface area is 99.2 Å². The lowest BCUT2D eigenvalue weighted by molar-refractivity contribution is 0.429. The van der Waals surface area contributed by atoms with Crippen molar-refractivity contribution in [3.8, 4) is 0 Å². The van der Waals surface area contributed by atoms with Crippen LogP contribution in [0.15, 0.2) is 29.6 Å². The molecule has 2 aromatic heterocycles. The normalized spacial score (nSPS) is 11.2. The van der Waals surface area contributed by atoms with E-state index >= 15 is 0 Å². The lowest BCUT2D eigenvalue weighted by atomic mass is 10.3. The highest BCUT2D eigenvalue weighted by Crippen LogP contribution is 2.14. The van der Waals surface area contributed by atoms with Crippen molar-refractivity contribution in [1.29, 1.82) is 0 Å². The highest BCUT2D eigenvalue weighted by Gasteiger charge is 2.15. The molecule has 0 bridgehead atoms. The van der Waals surface area contributed by atoms with Gasteiger partial charge in [-0.3, -0.25) is 9.48 Å². The second-order valence-electron chi connectivity index (χ2n) is 4.22. The third-order valence-electron chi connectivity index (χ3n) is 2.63. The van der Waals surface area contributed by atoms with Gasteiger partial charge in [0.2, 0.25) is 0 Å². The van der Waals surface area contributed by atoms with Crippen molar-refractivity contribution in [2.24, 2.45) is 0 Å². The summed E-state index contributed by atoms with van der Waals surface area (Å²) in [4.78, 5) is 16.4. The largest absolute Gasteiger partial charge is 0.384 e. The lowest BCUT2D eigenvalue weighted by Crippen LogP contribution is -2.24. The van der Waals surface area contributed by atoms with E-state index in [9.17, 15) is 4.79 Å². The number of pyridine rings is 1. The molecule has 0 unspecified atom stereocenters. The molecule has 0 amide bonds. The molecule has 0 aromatic carbocycles. The number of anilines is 1. The molecule has 0 aliphatic rings. The lowest BCUT2D eigenvalue weighted by Gasteiger charge is -2.13. The Kier molecular flexibility index (Phi) is 2.75. The van der Waals surface area contributed by atoms with Crippen LogP contribution in [0.3, 0.4) is 0 Å². The molecule has 2 aromatic rings. The SMILES string of the molecule is C=CCn1c2nc(N)ccc2c(=O)n1C(C)C. The fourth-order valence-electron chi connectivity index (χ4n) is 1.97. The van der Waals surface area contributed by atoms with Crippen LogP contribution in [0.2, 0.25) is 0 Å². The monoisotopic (exact) mass is 232 g/mol. The Morgan fingerprint density at radius 1 is 1.53 bits per heavy atom. The maximum atomic E-state index is 12.2. The fourth-order valence-corrected chi connectivity index (χ4v) is 1.97. The summed E-state index contributed by atoms with van der Waals surface area (Å²) in [6, 6.07) is 3.43. The Morgan fingerprint density at radius 3 is 2.82 bits per heavy atom. The first kappa shape index (κ1) is 11.4. The second-order valence-corrected chi connectivity index (χ2v) is 4.22. The minimum Gasteiger partial charge on any atom is -0.384 e. The zero-order valence-electron chi connectivity index (χ0n) is 10.1. The third-order valence-corrected chi connectivity index (χ3v) is 2.63. The van der Waals surface area contributed by atoms with Crippen molar-refractivity contribution in [2.45, 2.75) is 26.4 Å². The van der Waals surface area contributed by atoms with Gasteiger partial charge in [-0.05, 0) is 26.0 Å². The topological polar surface area (TPSA) is 65.8 Å². The Hall–Kier alpha value is -2.04. The average molecular weight is 232 g/mol. The van der Waals surface area contributed by atoms with Crippen molar-refractivity contribution < 1.29 is 0 Å². The van der Waals surface area contributed by atoms with E-state index in [2.05, 4.69) is 11.6 Å². The maximum Gasteiger partial charge on any atom is 0.276 e. The number of aromatic nitrogens is 3. The van der Waals surface area contributed by atoms with Crippen LogP contribution < -0.4 is 11.3 Å². The highest BCUT2D eigenvalue weighted by molar-refractivity contribution is 5.76. The molecule has 0 saturated carbocycles. The molecule has 0 saturated heterocycles. The first-order valence-corrected chi connectivity index (χ1v) is 5.54. The number of allylic oxidation sites excluding steroid dienone is 1. The van der Waals surface area contributed by atoms with E-state index in [0.29, 0.717) is 23.4 Å². The number of nitrogens with zero attached hydrogens (tertiary/aromatic N) is 3. The van der Waals surface area contributed by atoms with Crippen LogP contribution in [0.25, 0.3) is 11.0 Å². The molecule has 5 nitrogen and oxygen atoms in total. The average Bonchev–Trinajstić information content (AvgIpc) is 2.52. The summed E-state index contributed by atoms with van der Waals surface area (Å²) in [5.41, 5.74) is 6.24. The molecule has 0 fully saturated rings. The van der Waals surface area contributed by atoms with Crippen LogP contribution in [0.5, 0.6) is 0 Å². The van der Waals surface area contributed by atoms with E-state index in [-0.39, 0.29) is 11.6 Å². The summed E-state index contributed by atoms with van der Waals surface area (Å²) < 4.78 is 3.49. The fraction of sp³-hybridized carbons (Fsp3) is 0.333. The van der Waals surface area contributed by atoms with Gasteiger partial charge < -0.3 is 5.73 Å². The van der Waals surface area contributed by atoms with Gasteiger partial charge in [-0.1, -0.05) is 6.08 Å². The summed E-state index contributed by atoms with van der Waals surface area (Å²) in [7, 11) is 0. The van der Waals surface area contributed by atoms with Gasteiger partial charge >= 0.3 is 0 Å². The highest BCUT2D eigenvalue weighted by atomic mass is 16.1. The standard InChI is InChI=1S/C12H16N4O/c1-4-7-15-11-9(5-6-10(13)14-11)12(17)16(15)8(2)3/h4-6,8H,1,7H2,2-3H3,(H2,13,14). The first-order chi connectivity index (χ1) is 8.06. The van der Waals surface area contributed by atoms with Crippen LogP contribution in [0, 0.1) is 0 Å². The zero-order chi connectivity index (χ0) is 12.6. The maximum absolute atomic E-state index is 12.2. The molecule has 2 heterocycles. The van der Waals surface area contributed by atoms with Crippen LogP contribution in [-0.2, 0) is 6.54 Å². The van der Waals surface area contributed by atoms with Crippen LogP contribution in [0.4, 0.5) is 5.82 Å². The third kappa shape index (κ3) is 1.73. The zero-order valence-corrected chi connectivity index (χ0v) is 10.1. The van der Waals surface area contributed by atoms with Crippen molar-refractivity contribution in [3.63, 3.8) is 0 Å². The van der Waals surface area contributed by atoms with E-state index in [1.54, 1.807) is 22.9 Å². The summed E-state index contributed by atoms with van der Waals surface area (Å²) in [5, 5.41) is 0.592. The van der Waals surface area contributed by atoms with Gasteiger partial charge in [-0.15, -0.1) is 6.58 Å². The van der Waals surface area contributed by atoms with Gasteiger partial charge in [0.25, 0.3) is 5.56 Å². The van der Waals surface area contributed by atoms with Crippen molar-refractivity contribution >= 4 is 16.9 Å². The van der Waals surface area contributed by atoms with Crippen LogP contribution >= 0.6 is 0 Å². The van der Waals surface area contributed by atoms with Gasteiger partial charge in [0.1, 0.15) is 5.82 Å². The van der Waals surface area contributed by atoms with Gasteiger partial charge in [-0.2, -0.15) is 0 Å². The van der Waals surface area contributed by atoms with Crippen molar-refractivity contribution in [1.82, 2.24) is 14.3 Å². The molecule has 0 aliphatic heterocycles. The number of nitrogens with two attached hydrogens (primary N) is 1. The molecule has 2 rings (SSSR count). The van der Waals surface area contributed by atoms with Crippen molar-refractivity contribution in [2.75, 3.05) is 5.73 Å². The molecule has 2 N–H and O–H groups in total. The molecule has 0 atom stereocenters. The Balaban J connectivity index is 2.88. The van der Waals surface area contributed by atoms with E-state index < -0.39 is 0 Å². The summed E-state index contributed by atoms with van der Waals surface area (Å²) in [5.74, 6) is 0.413. The van der Waals surface area contributed by atoms with E-state index in [1.165, 1.54) is 0 Å². The molecule has 17 heavy (non-hydrogen) atoms. The first-order valence-electron chi connectivity index (χ1n) is 5.54. The summed E-state index contributed by atoms with van der Waals surface area (Å²) in [6.45, 7) is 8.16. The number of hydrogen-bond acceptors (Lipinski definition) is 3. The Morgan fingerprint density at radius 2 is 2.24 bits per heavy atom. The van der Waals surface area contributed by atoms with E-state index in [1.807, 2.05) is 18.5 Å². The minimum atomic E-state index is -0.0376. The minimum absolute atomic E-state index is 0.0376. The Bertz CT molecular complexity index is 621. The molecule has 0 radical (unpaired) electrons. The molecular formula is C12H16N4O. The molecule has 0 aliphatic carbocycles. The smallest absolute Gasteiger partial charge is 0.276 e. The van der Waals surface area contributed by atoms with Crippen molar-refractivity contribution in [3.05, 3.63) is 35.1 Å². The molecular weight excluding hydrogens is 216 g/mol. The van der Waals surface area contributed by atoms with E-state index in [4.69, 9.17) is 5.73 Å². The molecule has 0 spiro atoms. The quantitative estimate of drug-likeness (QED) is 0.816. The van der Waals surface area contributed by atoms with Gasteiger partial charge in [0.15, 0.2) is 5.65 Å². The predicted octanol–water partition coefficient (Wildman–Crippen LogP) is 1.55. The summed E-state index contributed by atoms with van der Waals surface area (Å²) in [6.07, 6.45) is 1.74. The second kappa shape index (κ2) is 4.08.